The quantitative estimate of drug-likeness (QED) is 0.684. The molecule has 1 aliphatic heterocycles. The van der Waals surface area contributed by atoms with E-state index in [0.717, 1.165) is 5.69 Å². The number of anilines is 1. The van der Waals surface area contributed by atoms with Gasteiger partial charge in [-0.25, -0.2) is 4.79 Å². The first kappa shape index (κ1) is 14.3. The Bertz CT molecular complexity index is 464. The molecule has 20 heavy (non-hydrogen) atoms. The Hall–Kier alpha value is -2.08. The van der Waals surface area contributed by atoms with E-state index in [-0.39, 0.29) is 18.5 Å². The zero-order valence-corrected chi connectivity index (χ0v) is 11.2. The highest BCUT2D eigenvalue weighted by atomic mass is 16.3. The topological polar surface area (TPSA) is 81.7 Å². The minimum absolute atomic E-state index is 0.0322. The van der Waals surface area contributed by atoms with Crippen molar-refractivity contribution in [1.82, 2.24) is 10.6 Å². The van der Waals surface area contributed by atoms with Crippen molar-refractivity contribution in [2.45, 2.75) is 18.9 Å². The van der Waals surface area contributed by atoms with Crippen LogP contribution >= 0.6 is 0 Å². The zero-order valence-electron chi connectivity index (χ0n) is 11.2. The van der Waals surface area contributed by atoms with E-state index in [0.29, 0.717) is 25.9 Å². The molecule has 6 heteroatoms. The minimum Gasteiger partial charge on any atom is -0.396 e. The molecule has 6 nitrogen and oxygen atoms in total. The average molecular weight is 277 g/mol. The summed E-state index contributed by atoms with van der Waals surface area (Å²) >= 11 is 0. The van der Waals surface area contributed by atoms with Crippen LogP contribution < -0.4 is 15.5 Å². The van der Waals surface area contributed by atoms with Gasteiger partial charge in [0.2, 0.25) is 5.91 Å². The van der Waals surface area contributed by atoms with Gasteiger partial charge in [0, 0.05) is 25.4 Å². The predicted molar refractivity (Wildman–Crippen MR) is 75.4 cm³/mol. The number of carbonyl (C=O) groups is 2. The van der Waals surface area contributed by atoms with Crippen LogP contribution in [-0.2, 0) is 4.79 Å². The Labute approximate surface area is 117 Å². The number of urea groups is 1. The summed E-state index contributed by atoms with van der Waals surface area (Å²) in [7, 11) is 0. The highest BCUT2D eigenvalue weighted by Gasteiger charge is 2.33. The van der Waals surface area contributed by atoms with Crippen molar-refractivity contribution in [3.05, 3.63) is 30.3 Å². The summed E-state index contributed by atoms with van der Waals surface area (Å²) in [6.45, 7) is 1.03. The maximum absolute atomic E-state index is 12.2. The maximum Gasteiger partial charge on any atom is 0.315 e. The third kappa shape index (κ3) is 3.48. The van der Waals surface area contributed by atoms with E-state index in [2.05, 4.69) is 10.6 Å². The smallest absolute Gasteiger partial charge is 0.315 e. The van der Waals surface area contributed by atoms with Gasteiger partial charge in [-0.3, -0.25) is 4.79 Å². The van der Waals surface area contributed by atoms with Crippen LogP contribution in [-0.4, -0.2) is 42.8 Å². The summed E-state index contributed by atoms with van der Waals surface area (Å²) in [5.41, 5.74) is 0.850. The molecule has 0 aliphatic carbocycles. The van der Waals surface area contributed by atoms with E-state index in [1.165, 1.54) is 0 Å². The molecule has 1 aromatic carbocycles. The highest BCUT2D eigenvalue weighted by molar-refractivity contribution is 6.01. The van der Waals surface area contributed by atoms with Gasteiger partial charge in [0.1, 0.15) is 6.04 Å². The Balaban J connectivity index is 1.87. The summed E-state index contributed by atoms with van der Waals surface area (Å²) in [6, 6.07) is 8.56. The number of hydrogen-bond acceptors (Lipinski definition) is 3. The van der Waals surface area contributed by atoms with Crippen LogP contribution in [0.3, 0.4) is 0 Å². The lowest BCUT2D eigenvalue weighted by atomic mass is 10.2. The fourth-order valence-electron chi connectivity index (χ4n) is 2.17. The van der Waals surface area contributed by atoms with Crippen LogP contribution in [0.2, 0.25) is 0 Å². The number of rotatable bonds is 5. The molecular formula is C14H19N3O3. The van der Waals surface area contributed by atoms with E-state index in [1.54, 1.807) is 4.90 Å². The van der Waals surface area contributed by atoms with Gasteiger partial charge in [0.05, 0.1) is 0 Å². The fraction of sp³-hybridized carbons (Fsp3) is 0.429. The summed E-state index contributed by atoms with van der Waals surface area (Å²) in [5, 5.41) is 13.9. The van der Waals surface area contributed by atoms with Gasteiger partial charge in [0.15, 0.2) is 0 Å². The number of hydrogen-bond donors (Lipinski definition) is 3. The SMILES string of the molecule is O=C(NCCCO)NC1CCN(c2ccccc2)C1=O. The average Bonchev–Trinajstić information content (AvgIpc) is 2.81. The standard InChI is InChI=1S/C14H19N3O3/c18-10-4-8-15-14(20)16-12-7-9-17(13(12)19)11-5-2-1-3-6-11/h1-3,5-6,12,18H,4,7-10H2,(H2,15,16,20). The van der Waals surface area contributed by atoms with Crippen molar-refractivity contribution in [3.8, 4) is 0 Å². The Kier molecular flexibility index (Phi) is 4.95. The van der Waals surface area contributed by atoms with Crippen molar-refractivity contribution in [1.29, 1.82) is 0 Å². The number of benzene rings is 1. The number of para-hydroxylation sites is 1. The molecule has 108 valence electrons. The van der Waals surface area contributed by atoms with Crippen molar-refractivity contribution >= 4 is 17.6 Å². The summed E-state index contributed by atoms with van der Waals surface area (Å²) in [5.74, 6) is -0.0893. The normalized spacial score (nSPS) is 18.1. The molecule has 1 aromatic rings. The summed E-state index contributed by atoms with van der Waals surface area (Å²) in [6.07, 6.45) is 1.10. The molecule has 1 fully saturated rings. The van der Waals surface area contributed by atoms with Crippen molar-refractivity contribution in [2.24, 2.45) is 0 Å². The van der Waals surface area contributed by atoms with Crippen LogP contribution in [0.1, 0.15) is 12.8 Å². The molecule has 1 saturated heterocycles. The van der Waals surface area contributed by atoms with Crippen LogP contribution in [0.5, 0.6) is 0 Å². The number of nitrogens with zero attached hydrogens (tertiary/aromatic N) is 1. The molecule has 3 amide bonds. The van der Waals surface area contributed by atoms with E-state index < -0.39 is 6.04 Å². The van der Waals surface area contributed by atoms with Gasteiger partial charge in [-0.2, -0.15) is 0 Å². The first-order chi connectivity index (χ1) is 9.72. The van der Waals surface area contributed by atoms with E-state index >= 15 is 0 Å². The van der Waals surface area contributed by atoms with Crippen LogP contribution in [0, 0.1) is 0 Å². The molecule has 0 spiro atoms. The summed E-state index contributed by atoms with van der Waals surface area (Å²) in [4.78, 5) is 25.5. The largest absolute Gasteiger partial charge is 0.396 e. The molecule has 1 atom stereocenters. The molecule has 0 aromatic heterocycles. The number of aliphatic hydroxyl groups is 1. The Morgan fingerprint density at radius 2 is 2.10 bits per heavy atom. The monoisotopic (exact) mass is 277 g/mol. The second-order valence-corrected chi connectivity index (χ2v) is 4.64. The van der Waals surface area contributed by atoms with Crippen molar-refractivity contribution < 1.29 is 14.7 Å². The lowest BCUT2D eigenvalue weighted by molar-refractivity contribution is -0.118. The van der Waals surface area contributed by atoms with Crippen LogP contribution in [0.4, 0.5) is 10.5 Å². The summed E-state index contributed by atoms with van der Waals surface area (Å²) < 4.78 is 0. The van der Waals surface area contributed by atoms with E-state index in [1.807, 2.05) is 30.3 Å². The second kappa shape index (κ2) is 6.91. The third-order valence-corrected chi connectivity index (χ3v) is 3.20. The van der Waals surface area contributed by atoms with E-state index in [9.17, 15) is 9.59 Å². The Morgan fingerprint density at radius 3 is 2.80 bits per heavy atom. The predicted octanol–water partition coefficient (Wildman–Crippen LogP) is 0.473. The van der Waals surface area contributed by atoms with Gasteiger partial charge < -0.3 is 20.6 Å². The maximum atomic E-state index is 12.2. The molecule has 3 N–H and O–H groups in total. The first-order valence-corrected chi connectivity index (χ1v) is 6.74. The molecule has 2 rings (SSSR count). The fourth-order valence-corrected chi connectivity index (χ4v) is 2.17. The molecule has 1 aliphatic rings. The number of aliphatic hydroxyl groups excluding tert-OH is 1. The number of amides is 3. The second-order valence-electron chi connectivity index (χ2n) is 4.64. The van der Waals surface area contributed by atoms with Gasteiger partial charge in [-0.15, -0.1) is 0 Å². The molecule has 1 heterocycles. The molecule has 0 radical (unpaired) electrons. The minimum atomic E-state index is -0.482. The van der Waals surface area contributed by atoms with Gasteiger partial charge >= 0.3 is 6.03 Å². The van der Waals surface area contributed by atoms with Crippen LogP contribution in [0.25, 0.3) is 0 Å². The molecule has 1 unspecified atom stereocenters. The zero-order chi connectivity index (χ0) is 14.4. The number of carbonyl (C=O) groups excluding carboxylic acids is 2. The van der Waals surface area contributed by atoms with Gasteiger partial charge in [-0.1, -0.05) is 18.2 Å². The highest BCUT2D eigenvalue weighted by Crippen LogP contribution is 2.20. The van der Waals surface area contributed by atoms with E-state index in [4.69, 9.17) is 5.11 Å². The molecule has 0 saturated carbocycles. The molecular weight excluding hydrogens is 258 g/mol. The molecule has 0 bridgehead atoms. The number of nitrogens with one attached hydrogen (secondary N) is 2. The van der Waals surface area contributed by atoms with Crippen LogP contribution in [0.15, 0.2) is 30.3 Å². The van der Waals surface area contributed by atoms with Gasteiger partial charge in [0.25, 0.3) is 0 Å². The van der Waals surface area contributed by atoms with Crippen molar-refractivity contribution in [3.63, 3.8) is 0 Å². The Morgan fingerprint density at radius 1 is 1.35 bits per heavy atom. The van der Waals surface area contributed by atoms with Gasteiger partial charge in [-0.05, 0) is 25.0 Å². The lowest BCUT2D eigenvalue weighted by Gasteiger charge is -2.17. The van der Waals surface area contributed by atoms with Crippen molar-refractivity contribution in [2.75, 3.05) is 24.6 Å². The lowest BCUT2D eigenvalue weighted by Crippen LogP contribution is -2.46. The third-order valence-electron chi connectivity index (χ3n) is 3.20. The first-order valence-electron chi connectivity index (χ1n) is 6.74.